The predicted octanol–water partition coefficient (Wildman–Crippen LogP) is 0.912. The fourth-order valence-electron chi connectivity index (χ4n) is 1.77. The summed E-state index contributed by atoms with van der Waals surface area (Å²) in [5.41, 5.74) is 6.74. The van der Waals surface area contributed by atoms with Crippen LogP contribution >= 0.6 is 0 Å². The lowest BCUT2D eigenvalue weighted by Crippen LogP contribution is -2.35. The maximum absolute atomic E-state index is 11.7. The molecule has 1 aromatic rings. The molecule has 4 nitrogen and oxygen atoms in total. The molecule has 15 heavy (non-hydrogen) atoms. The molecule has 0 saturated heterocycles. The van der Waals surface area contributed by atoms with E-state index in [0.29, 0.717) is 11.3 Å². The fraction of sp³-hybridized carbons (Fsp3) is 0.273. The molecule has 0 aromatic heterocycles. The van der Waals surface area contributed by atoms with Crippen LogP contribution in [0.25, 0.3) is 0 Å². The summed E-state index contributed by atoms with van der Waals surface area (Å²) >= 11 is 0. The Labute approximate surface area is 87.7 Å². The van der Waals surface area contributed by atoms with Crippen molar-refractivity contribution in [2.45, 2.75) is 12.8 Å². The molecule has 0 fully saturated rings. The monoisotopic (exact) mass is 204 g/mol. The third kappa shape index (κ3) is 1.64. The Bertz CT molecular complexity index is 415. The van der Waals surface area contributed by atoms with Crippen molar-refractivity contribution in [1.29, 1.82) is 0 Å². The number of benzene rings is 1. The molecule has 0 bridgehead atoms. The first-order chi connectivity index (χ1) is 7.24. The van der Waals surface area contributed by atoms with Gasteiger partial charge in [-0.3, -0.25) is 14.5 Å². The van der Waals surface area contributed by atoms with Crippen LogP contribution in [0.1, 0.15) is 23.2 Å². The number of para-hydroxylation sites is 1. The number of carbonyl (C=O) groups excluding carboxylic acids is 2. The largest absolute Gasteiger partial charge is 0.313 e. The number of fused-ring (bicyclic) bond motifs is 1. The van der Waals surface area contributed by atoms with Gasteiger partial charge in [-0.2, -0.15) is 0 Å². The standard InChI is InChI=1S/C11H12N2O2/c12-7-13-9-4-2-1-3-8(9)10(14)5-6-11(13)15/h1-4H,5-7,12H2. The van der Waals surface area contributed by atoms with E-state index in [4.69, 9.17) is 5.73 Å². The van der Waals surface area contributed by atoms with Gasteiger partial charge >= 0.3 is 0 Å². The predicted molar refractivity (Wildman–Crippen MR) is 56.5 cm³/mol. The summed E-state index contributed by atoms with van der Waals surface area (Å²) in [6, 6.07) is 7.08. The van der Waals surface area contributed by atoms with Crippen LogP contribution in [0.4, 0.5) is 5.69 Å². The number of amides is 1. The topological polar surface area (TPSA) is 63.4 Å². The van der Waals surface area contributed by atoms with Crippen LogP contribution in [0.15, 0.2) is 24.3 Å². The van der Waals surface area contributed by atoms with E-state index >= 15 is 0 Å². The van der Waals surface area contributed by atoms with E-state index in [9.17, 15) is 9.59 Å². The van der Waals surface area contributed by atoms with Crippen LogP contribution in [0, 0.1) is 0 Å². The maximum atomic E-state index is 11.7. The third-order valence-corrected chi connectivity index (χ3v) is 2.54. The summed E-state index contributed by atoms with van der Waals surface area (Å²) in [5.74, 6) is -0.0781. The molecular weight excluding hydrogens is 192 g/mol. The molecule has 2 rings (SSSR count). The number of nitrogens with zero attached hydrogens (tertiary/aromatic N) is 1. The summed E-state index contributed by atoms with van der Waals surface area (Å²) in [6.07, 6.45) is 0.511. The first-order valence-corrected chi connectivity index (χ1v) is 4.86. The molecule has 4 heteroatoms. The summed E-state index contributed by atoms with van der Waals surface area (Å²) in [6.45, 7) is 0.114. The van der Waals surface area contributed by atoms with Gasteiger partial charge in [-0.1, -0.05) is 12.1 Å². The molecule has 2 N–H and O–H groups in total. The lowest BCUT2D eigenvalue weighted by Gasteiger charge is -2.19. The Hall–Kier alpha value is -1.68. The van der Waals surface area contributed by atoms with E-state index in [1.807, 2.05) is 0 Å². The summed E-state index contributed by atoms with van der Waals surface area (Å²) in [5, 5.41) is 0. The zero-order valence-corrected chi connectivity index (χ0v) is 8.27. The Balaban J connectivity index is 2.55. The summed E-state index contributed by atoms with van der Waals surface area (Å²) in [7, 11) is 0. The van der Waals surface area contributed by atoms with Gasteiger partial charge in [-0.25, -0.2) is 0 Å². The van der Waals surface area contributed by atoms with E-state index in [1.165, 1.54) is 4.90 Å². The quantitative estimate of drug-likeness (QED) is 0.739. The first kappa shape index (κ1) is 9.86. The Morgan fingerprint density at radius 1 is 1.20 bits per heavy atom. The molecule has 1 aliphatic rings. The Morgan fingerprint density at radius 2 is 1.93 bits per heavy atom. The number of anilines is 1. The molecule has 78 valence electrons. The van der Waals surface area contributed by atoms with Crippen LogP contribution in [0.2, 0.25) is 0 Å². The van der Waals surface area contributed by atoms with Crippen molar-refractivity contribution in [1.82, 2.24) is 0 Å². The highest BCUT2D eigenvalue weighted by atomic mass is 16.2. The van der Waals surface area contributed by atoms with Crippen LogP contribution in [0.3, 0.4) is 0 Å². The van der Waals surface area contributed by atoms with E-state index in [-0.39, 0.29) is 31.2 Å². The second kappa shape index (κ2) is 3.82. The molecule has 1 aliphatic heterocycles. The first-order valence-electron chi connectivity index (χ1n) is 4.86. The number of hydrogen-bond donors (Lipinski definition) is 1. The average molecular weight is 204 g/mol. The number of carbonyl (C=O) groups is 2. The smallest absolute Gasteiger partial charge is 0.228 e. The molecular formula is C11H12N2O2. The molecule has 0 spiro atoms. The molecule has 0 saturated carbocycles. The lowest BCUT2D eigenvalue weighted by atomic mass is 10.1. The number of ketones is 1. The van der Waals surface area contributed by atoms with Gasteiger partial charge in [-0.05, 0) is 12.1 Å². The minimum Gasteiger partial charge on any atom is -0.313 e. The maximum Gasteiger partial charge on any atom is 0.228 e. The molecule has 1 amide bonds. The third-order valence-electron chi connectivity index (χ3n) is 2.54. The van der Waals surface area contributed by atoms with Crippen molar-refractivity contribution in [2.24, 2.45) is 5.73 Å². The van der Waals surface area contributed by atoms with Gasteiger partial charge in [0.1, 0.15) is 0 Å². The Morgan fingerprint density at radius 3 is 2.67 bits per heavy atom. The van der Waals surface area contributed by atoms with Crippen LogP contribution in [0.5, 0.6) is 0 Å². The average Bonchev–Trinajstić information content (AvgIpc) is 2.38. The van der Waals surface area contributed by atoms with Crippen molar-refractivity contribution >= 4 is 17.4 Å². The van der Waals surface area contributed by atoms with E-state index in [2.05, 4.69) is 0 Å². The van der Waals surface area contributed by atoms with Crippen molar-refractivity contribution in [3.8, 4) is 0 Å². The molecule has 1 aromatic carbocycles. The minimum atomic E-state index is -0.0872. The SMILES string of the molecule is NCN1C(=O)CCC(=O)c2ccccc21. The zero-order chi connectivity index (χ0) is 10.8. The van der Waals surface area contributed by atoms with Crippen molar-refractivity contribution < 1.29 is 9.59 Å². The van der Waals surface area contributed by atoms with Crippen LogP contribution in [-0.2, 0) is 4.79 Å². The number of rotatable bonds is 1. The van der Waals surface area contributed by atoms with Gasteiger partial charge in [0.15, 0.2) is 5.78 Å². The van der Waals surface area contributed by atoms with E-state index < -0.39 is 0 Å². The molecule has 0 aliphatic carbocycles. The van der Waals surface area contributed by atoms with Crippen LogP contribution in [-0.4, -0.2) is 18.4 Å². The molecule has 0 radical (unpaired) electrons. The molecule has 0 atom stereocenters. The minimum absolute atomic E-state index is 0.00917. The van der Waals surface area contributed by atoms with E-state index in [1.54, 1.807) is 24.3 Å². The molecule has 1 heterocycles. The second-order valence-corrected chi connectivity index (χ2v) is 3.44. The highest BCUT2D eigenvalue weighted by Crippen LogP contribution is 2.25. The van der Waals surface area contributed by atoms with Gasteiger partial charge in [-0.15, -0.1) is 0 Å². The number of hydrogen-bond acceptors (Lipinski definition) is 3. The second-order valence-electron chi connectivity index (χ2n) is 3.44. The summed E-state index contributed by atoms with van der Waals surface area (Å²) in [4.78, 5) is 24.8. The van der Waals surface area contributed by atoms with Crippen molar-refractivity contribution in [2.75, 3.05) is 11.6 Å². The van der Waals surface area contributed by atoms with Gasteiger partial charge in [0.25, 0.3) is 0 Å². The van der Waals surface area contributed by atoms with Crippen molar-refractivity contribution in [3.63, 3.8) is 0 Å². The van der Waals surface area contributed by atoms with Crippen LogP contribution < -0.4 is 10.6 Å². The van der Waals surface area contributed by atoms with Gasteiger partial charge < -0.3 is 5.73 Å². The highest BCUT2D eigenvalue weighted by molar-refractivity contribution is 6.09. The number of Topliss-reactive ketones (excluding diaryl/α,β-unsaturated/α-hetero) is 1. The van der Waals surface area contributed by atoms with Crippen molar-refractivity contribution in [3.05, 3.63) is 29.8 Å². The van der Waals surface area contributed by atoms with Gasteiger partial charge in [0.05, 0.1) is 12.4 Å². The summed E-state index contributed by atoms with van der Waals surface area (Å²) < 4.78 is 0. The van der Waals surface area contributed by atoms with E-state index in [0.717, 1.165) is 0 Å². The van der Waals surface area contributed by atoms with Gasteiger partial charge in [0.2, 0.25) is 5.91 Å². The lowest BCUT2D eigenvalue weighted by molar-refractivity contribution is -0.118. The zero-order valence-electron chi connectivity index (χ0n) is 8.27. The Kier molecular flexibility index (Phi) is 2.51. The normalized spacial score (nSPS) is 16.2. The molecule has 0 unspecified atom stereocenters. The fourth-order valence-corrected chi connectivity index (χ4v) is 1.77. The number of nitrogens with two attached hydrogens (primary N) is 1. The van der Waals surface area contributed by atoms with Gasteiger partial charge in [0, 0.05) is 18.4 Å². The highest BCUT2D eigenvalue weighted by Gasteiger charge is 2.24.